The number of carbonyl (C=O) groups is 1. The topological polar surface area (TPSA) is 55.1 Å². The molecule has 1 aromatic heterocycles. The highest BCUT2D eigenvalue weighted by Gasteiger charge is 2.17. The number of fused-ring (bicyclic) bond motifs is 1. The monoisotopic (exact) mass is 252 g/mol. The highest BCUT2D eigenvalue weighted by Crippen LogP contribution is 2.19. The summed E-state index contributed by atoms with van der Waals surface area (Å²) >= 11 is 0. The molecule has 0 atom stereocenters. The predicted octanol–water partition coefficient (Wildman–Crippen LogP) is 2.78. The van der Waals surface area contributed by atoms with Crippen molar-refractivity contribution in [2.75, 3.05) is 0 Å². The summed E-state index contributed by atoms with van der Waals surface area (Å²) in [4.78, 5) is 11.4. The van der Waals surface area contributed by atoms with E-state index in [0.29, 0.717) is 17.4 Å². The number of nitrogens with zero attached hydrogens (tertiary/aromatic N) is 2. The maximum Gasteiger partial charge on any atom is 0.354 e. The Kier molecular flexibility index (Phi) is 2.76. The molecule has 0 unspecified atom stereocenters. The summed E-state index contributed by atoms with van der Waals surface area (Å²) in [6, 6.07) is 17.0. The first-order chi connectivity index (χ1) is 9.25. The molecule has 0 radical (unpaired) electrons. The number of rotatable bonds is 3. The van der Waals surface area contributed by atoms with E-state index in [1.807, 2.05) is 48.5 Å². The van der Waals surface area contributed by atoms with Crippen LogP contribution in [0.15, 0.2) is 54.6 Å². The maximum absolute atomic E-state index is 11.4. The second kappa shape index (κ2) is 4.57. The van der Waals surface area contributed by atoms with Crippen molar-refractivity contribution >= 4 is 16.9 Å². The Labute approximate surface area is 109 Å². The Bertz CT molecular complexity index is 732. The van der Waals surface area contributed by atoms with Crippen LogP contribution in [-0.4, -0.2) is 20.9 Å². The molecule has 0 amide bonds. The summed E-state index contributed by atoms with van der Waals surface area (Å²) in [7, 11) is 0. The lowest BCUT2D eigenvalue weighted by atomic mass is 10.2. The van der Waals surface area contributed by atoms with Crippen molar-refractivity contribution < 1.29 is 9.90 Å². The highest BCUT2D eigenvalue weighted by atomic mass is 16.4. The maximum atomic E-state index is 11.4. The van der Waals surface area contributed by atoms with Gasteiger partial charge in [-0.25, -0.2) is 4.79 Å². The van der Waals surface area contributed by atoms with Gasteiger partial charge in [0.2, 0.25) is 0 Å². The fourth-order valence-electron chi connectivity index (χ4n) is 2.18. The minimum atomic E-state index is -0.954. The van der Waals surface area contributed by atoms with Gasteiger partial charge in [0, 0.05) is 5.39 Å². The molecular weight excluding hydrogens is 240 g/mol. The average Bonchev–Trinajstić information content (AvgIpc) is 2.77. The van der Waals surface area contributed by atoms with Gasteiger partial charge in [-0.1, -0.05) is 48.5 Å². The Morgan fingerprint density at radius 2 is 1.74 bits per heavy atom. The van der Waals surface area contributed by atoms with E-state index in [4.69, 9.17) is 0 Å². The molecule has 4 nitrogen and oxygen atoms in total. The van der Waals surface area contributed by atoms with Gasteiger partial charge in [-0.3, -0.25) is 4.68 Å². The molecule has 1 N–H and O–H groups in total. The molecule has 3 rings (SSSR count). The molecule has 19 heavy (non-hydrogen) atoms. The van der Waals surface area contributed by atoms with Crippen molar-refractivity contribution in [3.63, 3.8) is 0 Å². The van der Waals surface area contributed by atoms with Gasteiger partial charge >= 0.3 is 5.97 Å². The Balaban J connectivity index is 2.13. The van der Waals surface area contributed by atoms with Crippen molar-refractivity contribution in [3.8, 4) is 0 Å². The van der Waals surface area contributed by atoms with E-state index < -0.39 is 5.97 Å². The van der Waals surface area contributed by atoms with Crippen LogP contribution in [0.4, 0.5) is 0 Å². The van der Waals surface area contributed by atoms with E-state index in [-0.39, 0.29) is 5.69 Å². The first-order valence-electron chi connectivity index (χ1n) is 5.98. The molecule has 0 aliphatic rings. The molecule has 0 bridgehead atoms. The molecule has 0 saturated carbocycles. The lowest BCUT2D eigenvalue weighted by molar-refractivity contribution is 0.0686. The van der Waals surface area contributed by atoms with Crippen molar-refractivity contribution in [2.45, 2.75) is 6.54 Å². The Morgan fingerprint density at radius 3 is 2.47 bits per heavy atom. The fourth-order valence-corrected chi connectivity index (χ4v) is 2.18. The zero-order valence-corrected chi connectivity index (χ0v) is 10.2. The quantitative estimate of drug-likeness (QED) is 0.779. The normalized spacial score (nSPS) is 10.7. The number of aromatic carboxylic acids is 1. The van der Waals surface area contributed by atoms with Crippen LogP contribution in [0.3, 0.4) is 0 Å². The van der Waals surface area contributed by atoms with Gasteiger partial charge < -0.3 is 5.11 Å². The van der Waals surface area contributed by atoms with Crippen molar-refractivity contribution in [1.82, 2.24) is 9.78 Å². The van der Waals surface area contributed by atoms with E-state index in [1.165, 1.54) is 0 Å². The van der Waals surface area contributed by atoms with Gasteiger partial charge in [-0.15, -0.1) is 0 Å². The fraction of sp³-hybridized carbons (Fsp3) is 0.0667. The lowest BCUT2D eigenvalue weighted by Gasteiger charge is -2.04. The van der Waals surface area contributed by atoms with Crippen LogP contribution in [0.25, 0.3) is 10.9 Å². The van der Waals surface area contributed by atoms with Gasteiger partial charge in [0.15, 0.2) is 5.69 Å². The van der Waals surface area contributed by atoms with Gasteiger partial charge in [-0.2, -0.15) is 5.10 Å². The molecule has 0 fully saturated rings. The molecule has 3 aromatic rings. The SMILES string of the molecule is O=C(O)c1c2ccccc2nn1Cc1ccccc1. The van der Waals surface area contributed by atoms with Crippen LogP contribution < -0.4 is 0 Å². The second-order valence-electron chi connectivity index (χ2n) is 4.31. The third-order valence-corrected chi connectivity index (χ3v) is 3.02. The summed E-state index contributed by atoms with van der Waals surface area (Å²) in [5.41, 5.74) is 1.97. The Hall–Kier alpha value is -2.62. The number of carboxylic acid groups (broad SMARTS) is 1. The zero-order valence-electron chi connectivity index (χ0n) is 10.2. The number of benzene rings is 2. The molecule has 0 aliphatic carbocycles. The molecule has 0 saturated heterocycles. The molecule has 94 valence electrons. The number of aromatic nitrogens is 2. The summed E-state index contributed by atoms with van der Waals surface area (Å²) in [5, 5.41) is 14.4. The summed E-state index contributed by atoms with van der Waals surface area (Å²) in [6.07, 6.45) is 0. The third kappa shape index (κ3) is 2.08. The van der Waals surface area contributed by atoms with E-state index in [2.05, 4.69) is 5.10 Å². The van der Waals surface area contributed by atoms with Crippen LogP contribution in [0.1, 0.15) is 16.1 Å². The van der Waals surface area contributed by atoms with Crippen LogP contribution >= 0.6 is 0 Å². The van der Waals surface area contributed by atoms with E-state index in [9.17, 15) is 9.90 Å². The Morgan fingerprint density at radius 1 is 1.05 bits per heavy atom. The first-order valence-corrected chi connectivity index (χ1v) is 5.98. The summed E-state index contributed by atoms with van der Waals surface area (Å²) < 4.78 is 1.54. The zero-order chi connectivity index (χ0) is 13.2. The average molecular weight is 252 g/mol. The molecular formula is C15H12N2O2. The highest BCUT2D eigenvalue weighted by molar-refractivity contribution is 6.01. The summed E-state index contributed by atoms with van der Waals surface area (Å²) in [5.74, 6) is -0.954. The van der Waals surface area contributed by atoms with E-state index in [1.54, 1.807) is 10.7 Å². The molecule has 0 aliphatic heterocycles. The lowest BCUT2D eigenvalue weighted by Crippen LogP contribution is -2.11. The predicted molar refractivity (Wildman–Crippen MR) is 72.2 cm³/mol. The number of carboxylic acids is 1. The smallest absolute Gasteiger partial charge is 0.354 e. The number of hydrogen-bond donors (Lipinski definition) is 1. The molecule has 4 heteroatoms. The standard InChI is InChI=1S/C15H12N2O2/c18-15(19)14-12-8-4-5-9-13(12)16-17(14)10-11-6-2-1-3-7-11/h1-9H,10H2,(H,18,19). The van der Waals surface area contributed by atoms with Crippen molar-refractivity contribution in [2.24, 2.45) is 0 Å². The van der Waals surface area contributed by atoms with Crippen LogP contribution in [0.5, 0.6) is 0 Å². The second-order valence-corrected chi connectivity index (χ2v) is 4.31. The number of hydrogen-bond acceptors (Lipinski definition) is 2. The van der Waals surface area contributed by atoms with Crippen LogP contribution in [0, 0.1) is 0 Å². The van der Waals surface area contributed by atoms with Gasteiger partial charge in [0.1, 0.15) is 0 Å². The van der Waals surface area contributed by atoms with Crippen LogP contribution in [-0.2, 0) is 6.54 Å². The van der Waals surface area contributed by atoms with E-state index in [0.717, 1.165) is 5.56 Å². The van der Waals surface area contributed by atoms with Crippen molar-refractivity contribution in [1.29, 1.82) is 0 Å². The molecule has 1 heterocycles. The van der Waals surface area contributed by atoms with Gasteiger partial charge in [0.25, 0.3) is 0 Å². The van der Waals surface area contributed by atoms with Crippen LogP contribution in [0.2, 0.25) is 0 Å². The van der Waals surface area contributed by atoms with Gasteiger partial charge in [-0.05, 0) is 11.6 Å². The summed E-state index contributed by atoms with van der Waals surface area (Å²) in [6.45, 7) is 0.456. The molecule has 0 spiro atoms. The largest absolute Gasteiger partial charge is 0.477 e. The van der Waals surface area contributed by atoms with Crippen molar-refractivity contribution in [3.05, 3.63) is 65.9 Å². The van der Waals surface area contributed by atoms with E-state index >= 15 is 0 Å². The minimum absolute atomic E-state index is 0.236. The molecule has 2 aromatic carbocycles. The third-order valence-electron chi connectivity index (χ3n) is 3.02. The minimum Gasteiger partial charge on any atom is -0.477 e. The van der Waals surface area contributed by atoms with Gasteiger partial charge in [0.05, 0.1) is 12.1 Å². The first kappa shape index (κ1) is 11.5.